The van der Waals surface area contributed by atoms with Gasteiger partial charge in [-0.2, -0.15) is 0 Å². The van der Waals surface area contributed by atoms with E-state index in [4.69, 9.17) is 4.74 Å². The van der Waals surface area contributed by atoms with Crippen LogP contribution in [0.1, 0.15) is 22.8 Å². The van der Waals surface area contributed by atoms with Gasteiger partial charge < -0.3 is 9.64 Å². The largest absolute Gasteiger partial charge is 0.377 e. The zero-order chi connectivity index (χ0) is 18.6. The molecule has 1 unspecified atom stereocenters. The molecule has 0 radical (unpaired) electrons. The highest BCUT2D eigenvalue weighted by Gasteiger charge is 2.24. The van der Waals surface area contributed by atoms with Crippen molar-refractivity contribution < 1.29 is 17.9 Å². The summed E-state index contributed by atoms with van der Waals surface area (Å²) in [4.78, 5) is 14.4. The lowest BCUT2D eigenvalue weighted by atomic mass is 10.1. The van der Waals surface area contributed by atoms with E-state index in [1.54, 1.807) is 53.4 Å². The summed E-state index contributed by atoms with van der Waals surface area (Å²) in [6.45, 7) is 3.57. The molecular weight excluding hydrogens is 352 g/mol. The predicted molar refractivity (Wildman–Crippen MR) is 100 cm³/mol. The van der Waals surface area contributed by atoms with Crippen LogP contribution in [0.5, 0.6) is 0 Å². The lowest BCUT2D eigenvalue weighted by Crippen LogP contribution is -2.47. The van der Waals surface area contributed by atoms with Gasteiger partial charge in [-0.05, 0) is 36.8 Å². The first-order chi connectivity index (χ1) is 12.4. The van der Waals surface area contributed by atoms with Gasteiger partial charge in [-0.1, -0.05) is 30.3 Å². The van der Waals surface area contributed by atoms with Crippen LogP contribution in [-0.4, -0.2) is 45.0 Å². The smallest absolute Gasteiger partial charge is 0.254 e. The predicted octanol–water partition coefficient (Wildman–Crippen LogP) is 2.49. The Labute approximate surface area is 153 Å². The summed E-state index contributed by atoms with van der Waals surface area (Å²) in [6.07, 6.45) is 0. The van der Waals surface area contributed by atoms with Crippen LogP contribution in [0.2, 0.25) is 0 Å². The zero-order valence-corrected chi connectivity index (χ0v) is 15.4. The molecule has 1 aliphatic heterocycles. The second-order valence-corrected chi connectivity index (χ2v) is 8.07. The number of hydrogen-bond acceptors (Lipinski definition) is 4. The Morgan fingerprint density at radius 3 is 2.50 bits per heavy atom. The second-order valence-electron chi connectivity index (χ2n) is 6.35. The number of carbonyl (C=O) groups excluding carboxylic acids is 1. The minimum atomic E-state index is -3.51. The molecule has 3 rings (SSSR count). The Balaban J connectivity index is 1.66. The molecule has 6 nitrogen and oxygen atoms in total. The third kappa shape index (κ3) is 4.62. The molecule has 0 aromatic heterocycles. The van der Waals surface area contributed by atoms with Gasteiger partial charge in [-0.25, -0.2) is 8.42 Å². The van der Waals surface area contributed by atoms with E-state index < -0.39 is 10.0 Å². The second kappa shape index (κ2) is 7.88. The average Bonchev–Trinajstić information content (AvgIpc) is 2.62. The first-order valence-corrected chi connectivity index (χ1v) is 10.1. The number of benzene rings is 2. The molecule has 2 aromatic rings. The van der Waals surface area contributed by atoms with E-state index in [0.717, 1.165) is 0 Å². The highest BCUT2D eigenvalue weighted by molar-refractivity contribution is 7.91. The Hall–Kier alpha value is -2.38. The lowest BCUT2D eigenvalue weighted by molar-refractivity contribution is 0.00359. The number of hydrogen-bond donors (Lipinski definition) is 1. The maximum atomic E-state index is 12.6. The number of sulfonamides is 1. The SMILES string of the molecule is CC1COCCN1C(=O)c1ccc(NS(=O)(=O)Cc2ccccc2)cc1. The molecule has 1 N–H and O–H groups in total. The Kier molecular flexibility index (Phi) is 5.58. The molecule has 0 saturated carbocycles. The van der Waals surface area contributed by atoms with Crippen molar-refractivity contribution in [3.8, 4) is 0 Å². The third-order valence-electron chi connectivity index (χ3n) is 4.23. The molecule has 138 valence electrons. The topological polar surface area (TPSA) is 75.7 Å². The highest BCUT2D eigenvalue weighted by atomic mass is 32.2. The van der Waals surface area contributed by atoms with E-state index in [-0.39, 0.29) is 17.7 Å². The molecule has 1 saturated heterocycles. The highest BCUT2D eigenvalue weighted by Crippen LogP contribution is 2.17. The van der Waals surface area contributed by atoms with E-state index in [1.807, 2.05) is 13.0 Å². The van der Waals surface area contributed by atoms with Crippen LogP contribution in [0.25, 0.3) is 0 Å². The van der Waals surface area contributed by atoms with Crippen molar-refractivity contribution >= 4 is 21.6 Å². The molecule has 1 aliphatic rings. The van der Waals surface area contributed by atoms with Gasteiger partial charge in [-0.3, -0.25) is 9.52 Å². The third-order valence-corrected chi connectivity index (χ3v) is 5.49. The summed E-state index contributed by atoms with van der Waals surface area (Å²) in [5.41, 5.74) is 1.69. The van der Waals surface area contributed by atoms with Crippen molar-refractivity contribution in [2.45, 2.75) is 18.7 Å². The standard InChI is InChI=1S/C19H22N2O4S/c1-15-13-25-12-11-21(15)19(22)17-7-9-18(10-8-17)20-26(23,24)14-16-5-3-2-4-6-16/h2-10,15,20H,11-14H2,1H3. The van der Waals surface area contributed by atoms with Gasteiger partial charge in [0, 0.05) is 17.8 Å². The van der Waals surface area contributed by atoms with Crippen molar-refractivity contribution in [2.24, 2.45) is 0 Å². The van der Waals surface area contributed by atoms with Gasteiger partial charge in [0.1, 0.15) is 0 Å². The number of anilines is 1. The van der Waals surface area contributed by atoms with Gasteiger partial charge in [0.05, 0.1) is 25.0 Å². The van der Waals surface area contributed by atoms with Gasteiger partial charge in [-0.15, -0.1) is 0 Å². The molecule has 0 bridgehead atoms. The van der Waals surface area contributed by atoms with Crippen LogP contribution in [-0.2, 0) is 20.5 Å². The van der Waals surface area contributed by atoms with E-state index in [1.165, 1.54) is 0 Å². The summed E-state index contributed by atoms with van der Waals surface area (Å²) in [5.74, 6) is -0.167. The maximum absolute atomic E-state index is 12.6. The Morgan fingerprint density at radius 2 is 1.85 bits per heavy atom. The molecule has 2 aromatic carbocycles. The van der Waals surface area contributed by atoms with Crippen LogP contribution in [0, 0.1) is 0 Å². The van der Waals surface area contributed by atoms with Crippen LogP contribution >= 0.6 is 0 Å². The number of morpholine rings is 1. The number of ether oxygens (including phenoxy) is 1. The number of carbonyl (C=O) groups is 1. The lowest BCUT2D eigenvalue weighted by Gasteiger charge is -2.33. The van der Waals surface area contributed by atoms with Crippen molar-refractivity contribution in [2.75, 3.05) is 24.5 Å². The number of rotatable bonds is 5. The van der Waals surface area contributed by atoms with Crippen LogP contribution in [0.4, 0.5) is 5.69 Å². The Morgan fingerprint density at radius 1 is 1.15 bits per heavy atom. The number of nitrogens with one attached hydrogen (secondary N) is 1. The summed E-state index contributed by atoms with van der Waals surface area (Å²) in [7, 11) is -3.51. The fourth-order valence-electron chi connectivity index (χ4n) is 2.88. The monoisotopic (exact) mass is 374 g/mol. The summed E-state index contributed by atoms with van der Waals surface area (Å²) >= 11 is 0. The van der Waals surface area contributed by atoms with Crippen LogP contribution in [0.15, 0.2) is 54.6 Å². The van der Waals surface area contributed by atoms with E-state index in [9.17, 15) is 13.2 Å². The fourth-order valence-corrected chi connectivity index (χ4v) is 4.08. The van der Waals surface area contributed by atoms with Gasteiger partial charge in [0.25, 0.3) is 5.91 Å². The van der Waals surface area contributed by atoms with Crippen LogP contribution in [0.3, 0.4) is 0 Å². The van der Waals surface area contributed by atoms with Crippen molar-refractivity contribution in [3.05, 3.63) is 65.7 Å². The summed E-state index contributed by atoms with van der Waals surface area (Å²) < 4.78 is 32.5. The molecule has 0 spiro atoms. The minimum Gasteiger partial charge on any atom is -0.377 e. The summed E-state index contributed by atoms with van der Waals surface area (Å²) in [6, 6.07) is 15.5. The molecule has 1 atom stereocenters. The molecular formula is C19H22N2O4S. The minimum absolute atomic E-state index is 0.0281. The maximum Gasteiger partial charge on any atom is 0.254 e. The fraction of sp³-hybridized carbons (Fsp3) is 0.316. The van der Waals surface area contributed by atoms with E-state index >= 15 is 0 Å². The molecule has 26 heavy (non-hydrogen) atoms. The number of amides is 1. The first kappa shape index (κ1) is 18.4. The molecule has 1 fully saturated rings. The Bertz CT molecular complexity index is 851. The van der Waals surface area contributed by atoms with E-state index in [2.05, 4.69) is 4.72 Å². The normalized spacial score (nSPS) is 17.7. The molecule has 0 aliphatic carbocycles. The number of nitrogens with zero attached hydrogens (tertiary/aromatic N) is 1. The average molecular weight is 374 g/mol. The van der Waals surface area contributed by atoms with Crippen molar-refractivity contribution in [1.29, 1.82) is 0 Å². The van der Waals surface area contributed by atoms with Crippen molar-refractivity contribution in [1.82, 2.24) is 4.90 Å². The molecule has 7 heteroatoms. The van der Waals surface area contributed by atoms with E-state index in [0.29, 0.717) is 36.6 Å². The van der Waals surface area contributed by atoms with Gasteiger partial charge in [0.15, 0.2) is 0 Å². The van der Waals surface area contributed by atoms with Crippen molar-refractivity contribution in [3.63, 3.8) is 0 Å². The summed E-state index contributed by atoms with van der Waals surface area (Å²) in [5, 5.41) is 0. The first-order valence-electron chi connectivity index (χ1n) is 8.48. The van der Waals surface area contributed by atoms with Gasteiger partial charge >= 0.3 is 0 Å². The zero-order valence-electron chi connectivity index (χ0n) is 14.6. The quantitative estimate of drug-likeness (QED) is 0.872. The van der Waals surface area contributed by atoms with Gasteiger partial charge in [0.2, 0.25) is 10.0 Å². The molecule has 1 heterocycles. The van der Waals surface area contributed by atoms with Crippen LogP contribution < -0.4 is 4.72 Å². The molecule has 1 amide bonds.